The Morgan fingerprint density at radius 3 is 2.69 bits per heavy atom. The molecule has 2 unspecified atom stereocenters. The fraction of sp³-hybridized carbons (Fsp3) is 0.250. The first kappa shape index (κ1) is 8.24. The predicted octanol–water partition coefficient (Wildman–Crippen LogP) is 2.55. The van der Waals surface area contributed by atoms with E-state index >= 15 is 0 Å². The first-order valence-electron chi connectivity index (χ1n) is 4.54. The molecule has 1 aliphatic carbocycles. The van der Waals surface area contributed by atoms with E-state index in [0.717, 1.165) is 6.42 Å². The molecule has 0 radical (unpaired) electrons. The minimum Gasteiger partial charge on any atom is -0.295 e. The Bertz CT molecular complexity index is 326. The van der Waals surface area contributed by atoms with E-state index in [1.165, 1.54) is 11.6 Å². The van der Waals surface area contributed by atoms with E-state index in [4.69, 9.17) is 0 Å². The molecule has 0 aliphatic heterocycles. The van der Waals surface area contributed by atoms with Crippen LogP contribution in [0.25, 0.3) is 0 Å². The predicted molar refractivity (Wildman–Crippen MR) is 52.5 cm³/mol. The van der Waals surface area contributed by atoms with E-state index in [2.05, 4.69) is 18.7 Å². The van der Waals surface area contributed by atoms with Gasteiger partial charge < -0.3 is 0 Å². The Morgan fingerprint density at radius 2 is 2.08 bits per heavy atom. The SMILES string of the molecule is C=CC(=O)C1CC1c1ccccc1. The van der Waals surface area contributed by atoms with Crippen molar-refractivity contribution in [2.75, 3.05) is 0 Å². The molecule has 0 saturated heterocycles. The Morgan fingerprint density at radius 1 is 1.38 bits per heavy atom. The lowest BCUT2D eigenvalue weighted by molar-refractivity contribution is -0.115. The lowest BCUT2D eigenvalue weighted by atomic mass is 10.1. The van der Waals surface area contributed by atoms with Gasteiger partial charge >= 0.3 is 0 Å². The standard InChI is InChI=1S/C12H12O/c1-2-12(13)11-8-10(11)9-6-4-3-5-7-9/h2-7,10-11H,1,8H2. The van der Waals surface area contributed by atoms with E-state index in [1.807, 2.05) is 18.2 Å². The molecule has 13 heavy (non-hydrogen) atoms. The van der Waals surface area contributed by atoms with Crippen molar-refractivity contribution < 1.29 is 4.79 Å². The smallest absolute Gasteiger partial charge is 0.158 e. The Balaban J connectivity index is 2.08. The molecule has 0 N–H and O–H groups in total. The summed E-state index contributed by atoms with van der Waals surface area (Å²) in [4.78, 5) is 11.2. The minimum atomic E-state index is 0.189. The van der Waals surface area contributed by atoms with Gasteiger partial charge in [-0.2, -0.15) is 0 Å². The van der Waals surface area contributed by atoms with Gasteiger partial charge in [0.05, 0.1) is 0 Å². The van der Waals surface area contributed by atoms with Crippen molar-refractivity contribution in [3.05, 3.63) is 48.6 Å². The van der Waals surface area contributed by atoms with Crippen molar-refractivity contribution in [3.63, 3.8) is 0 Å². The highest BCUT2D eigenvalue weighted by Crippen LogP contribution is 2.47. The largest absolute Gasteiger partial charge is 0.295 e. The molecule has 0 spiro atoms. The number of hydrogen-bond donors (Lipinski definition) is 0. The van der Waals surface area contributed by atoms with Crippen molar-refractivity contribution in [3.8, 4) is 0 Å². The normalized spacial score (nSPS) is 25.2. The topological polar surface area (TPSA) is 17.1 Å². The molecule has 1 aliphatic rings. The van der Waals surface area contributed by atoms with Gasteiger partial charge in [-0.05, 0) is 24.0 Å². The average molecular weight is 172 g/mol. The molecule has 0 aromatic heterocycles. The second-order valence-electron chi connectivity index (χ2n) is 3.47. The summed E-state index contributed by atoms with van der Waals surface area (Å²) in [6.45, 7) is 3.50. The van der Waals surface area contributed by atoms with Crippen LogP contribution in [0.15, 0.2) is 43.0 Å². The average Bonchev–Trinajstić information content (AvgIpc) is 2.98. The van der Waals surface area contributed by atoms with Gasteiger partial charge in [0.2, 0.25) is 0 Å². The second-order valence-corrected chi connectivity index (χ2v) is 3.47. The molecular weight excluding hydrogens is 160 g/mol. The van der Waals surface area contributed by atoms with E-state index in [9.17, 15) is 4.79 Å². The molecule has 2 rings (SSSR count). The van der Waals surface area contributed by atoms with Crippen molar-refractivity contribution in [2.45, 2.75) is 12.3 Å². The van der Waals surface area contributed by atoms with Gasteiger partial charge in [0.1, 0.15) is 0 Å². The number of carbonyl (C=O) groups is 1. The maximum Gasteiger partial charge on any atom is 0.158 e. The van der Waals surface area contributed by atoms with Crippen LogP contribution < -0.4 is 0 Å². The second kappa shape index (κ2) is 3.17. The molecule has 1 fully saturated rings. The van der Waals surface area contributed by atoms with Crippen LogP contribution in [0.4, 0.5) is 0 Å². The van der Waals surface area contributed by atoms with E-state index in [1.54, 1.807) is 0 Å². The third-order valence-corrected chi connectivity index (χ3v) is 2.58. The minimum absolute atomic E-state index is 0.189. The zero-order chi connectivity index (χ0) is 9.26. The van der Waals surface area contributed by atoms with Crippen LogP contribution in [-0.4, -0.2) is 5.78 Å². The highest BCUT2D eigenvalue weighted by atomic mass is 16.1. The molecule has 1 aromatic rings. The van der Waals surface area contributed by atoms with E-state index < -0.39 is 0 Å². The van der Waals surface area contributed by atoms with Gasteiger partial charge in [0.15, 0.2) is 5.78 Å². The summed E-state index contributed by atoms with van der Waals surface area (Å²) >= 11 is 0. The summed E-state index contributed by atoms with van der Waals surface area (Å²) < 4.78 is 0. The highest BCUT2D eigenvalue weighted by Gasteiger charge is 2.42. The maximum atomic E-state index is 11.2. The zero-order valence-corrected chi connectivity index (χ0v) is 7.44. The lowest BCUT2D eigenvalue weighted by Crippen LogP contribution is -1.96. The summed E-state index contributed by atoms with van der Waals surface area (Å²) in [5, 5.41) is 0. The monoisotopic (exact) mass is 172 g/mol. The van der Waals surface area contributed by atoms with Crippen molar-refractivity contribution in [1.82, 2.24) is 0 Å². The highest BCUT2D eigenvalue weighted by molar-refractivity contribution is 5.94. The van der Waals surface area contributed by atoms with E-state index in [0.29, 0.717) is 5.92 Å². The molecule has 1 heteroatoms. The number of hydrogen-bond acceptors (Lipinski definition) is 1. The lowest BCUT2D eigenvalue weighted by Gasteiger charge is -1.96. The van der Waals surface area contributed by atoms with Gasteiger partial charge in [0, 0.05) is 5.92 Å². The molecule has 1 saturated carbocycles. The zero-order valence-electron chi connectivity index (χ0n) is 7.44. The Kier molecular flexibility index (Phi) is 2.01. The quantitative estimate of drug-likeness (QED) is 0.640. The summed E-state index contributed by atoms with van der Waals surface area (Å²) in [7, 11) is 0. The summed E-state index contributed by atoms with van der Waals surface area (Å²) in [5.74, 6) is 0.848. The van der Waals surface area contributed by atoms with Crippen LogP contribution in [0.5, 0.6) is 0 Å². The Hall–Kier alpha value is -1.37. The van der Waals surface area contributed by atoms with E-state index in [-0.39, 0.29) is 11.7 Å². The summed E-state index contributed by atoms with van der Waals surface area (Å²) in [6, 6.07) is 10.2. The first-order chi connectivity index (χ1) is 6.33. The van der Waals surface area contributed by atoms with Gasteiger partial charge in [-0.25, -0.2) is 0 Å². The molecule has 0 amide bonds. The number of benzene rings is 1. The summed E-state index contributed by atoms with van der Waals surface area (Å²) in [6.07, 6.45) is 2.43. The van der Waals surface area contributed by atoms with Crippen LogP contribution in [0, 0.1) is 5.92 Å². The number of rotatable bonds is 3. The fourth-order valence-electron chi connectivity index (χ4n) is 1.73. The van der Waals surface area contributed by atoms with Crippen LogP contribution >= 0.6 is 0 Å². The third kappa shape index (κ3) is 1.55. The molecular formula is C12H12O. The van der Waals surface area contributed by atoms with Gasteiger partial charge in [0.25, 0.3) is 0 Å². The summed E-state index contributed by atoms with van der Waals surface area (Å²) in [5.41, 5.74) is 1.28. The molecule has 66 valence electrons. The Labute approximate surface area is 78.1 Å². The van der Waals surface area contributed by atoms with Gasteiger partial charge in [-0.3, -0.25) is 4.79 Å². The van der Waals surface area contributed by atoms with Crippen molar-refractivity contribution >= 4 is 5.78 Å². The van der Waals surface area contributed by atoms with Crippen molar-refractivity contribution in [2.24, 2.45) is 5.92 Å². The van der Waals surface area contributed by atoms with Gasteiger partial charge in [-0.15, -0.1) is 0 Å². The molecule has 1 nitrogen and oxygen atoms in total. The van der Waals surface area contributed by atoms with Crippen LogP contribution in [-0.2, 0) is 4.79 Å². The van der Waals surface area contributed by atoms with Crippen LogP contribution in [0.2, 0.25) is 0 Å². The van der Waals surface area contributed by atoms with Gasteiger partial charge in [-0.1, -0.05) is 36.9 Å². The molecule has 0 heterocycles. The first-order valence-corrected chi connectivity index (χ1v) is 4.54. The number of carbonyl (C=O) groups excluding carboxylic acids is 1. The maximum absolute atomic E-state index is 11.2. The third-order valence-electron chi connectivity index (χ3n) is 2.58. The molecule has 2 atom stereocenters. The number of allylic oxidation sites excluding steroid dienone is 1. The molecule has 1 aromatic carbocycles. The van der Waals surface area contributed by atoms with Crippen molar-refractivity contribution in [1.29, 1.82) is 0 Å². The fourth-order valence-corrected chi connectivity index (χ4v) is 1.73. The van der Waals surface area contributed by atoms with Crippen LogP contribution in [0.3, 0.4) is 0 Å². The number of ketones is 1. The van der Waals surface area contributed by atoms with Crippen LogP contribution in [0.1, 0.15) is 17.9 Å². The molecule has 0 bridgehead atoms.